The van der Waals surface area contributed by atoms with Crippen LogP contribution in [0, 0.1) is 17.2 Å². The quantitative estimate of drug-likeness (QED) is 0.410. The molecule has 12 nitrogen and oxygen atoms in total. The predicted octanol–water partition coefficient (Wildman–Crippen LogP) is 0.853. The number of hydrogen-bond acceptors (Lipinski definition) is 8. The van der Waals surface area contributed by atoms with E-state index in [-0.39, 0.29) is 42.7 Å². The van der Waals surface area contributed by atoms with Gasteiger partial charge in [-0.15, -0.1) is 12.4 Å². The Morgan fingerprint density at radius 1 is 1.28 bits per heavy atom. The van der Waals surface area contributed by atoms with E-state index in [4.69, 9.17) is 11.0 Å². The summed E-state index contributed by atoms with van der Waals surface area (Å²) in [6.07, 6.45) is 4.58. The molecule has 3 rings (SSSR count). The van der Waals surface area contributed by atoms with E-state index in [0.717, 1.165) is 11.8 Å². The first-order chi connectivity index (χ1) is 16.9. The van der Waals surface area contributed by atoms with Gasteiger partial charge in [-0.1, -0.05) is 6.92 Å². The summed E-state index contributed by atoms with van der Waals surface area (Å²) in [7, 11) is 1.92. The second kappa shape index (κ2) is 13.6. The van der Waals surface area contributed by atoms with Crippen molar-refractivity contribution in [2.75, 3.05) is 44.7 Å². The number of rotatable bonds is 9. The summed E-state index contributed by atoms with van der Waals surface area (Å²) in [5.74, 6) is 0.722. The van der Waals surface area contributed by atoms with Gasteiger partial charge in [-0.05, 0) is 24.8 Å². The SMILES string of the molecule is C[C@@H]1CCN(C(=O)CC#N)C[C@@H]1N(C)c1ncnc2c1ccn2C(=O)NCCCC(=O)NCCN.Cl. The molecular formula is C23H34ClN9O3. The Labute approximate surface area is 216 Å². The fraction of sp³-hybridized carbons (Fsp3) is 0.565. The molecule has 4 N–H and O–H groups in total. The van der Waals surface area contributed by atoms with E-state index in [9.17, 15) is 14.4 Å². The Bertz CT molecular complexity index is 1100. The predicted molar refractivity (Wildman–Crippen MR) is 138 cm³/mol. The van der Waals surface area contributed by atoms with Crippen molar-refractivity contribution < 1.29 is 14.4 Å². The van der Waals surface area contributed by atoms with Crippen molar-refractivity contribution >= 4 is 47.1 Å². The molecule has 1 fully saturated rings. The molecule has 3 heterocycles. The second-order valence-corrected chi connectivity index (χ2v) is 8.71. The van der Waals surface area contributed by atoms with E-state index in [1.54, 1.807) is 17.2 Å². The van der Waals surface area contributed by atoms with Crippen molar-refractivity contribution in [2.45, 2.75) is 38.6 Å². The number of nitrogens with one attached hydrogen (secondary N) is 2. The van der Waals surface area contributed by atoms with E-state index in [0.29, 0.717) is 62.9 Å². The fourth-order valence-electron chi connectivity index (χ4n) is 4.33. The van der Waals surface area contributed by atoms with Gasteiger partial charge in [0.05, 0.1) is 17.5 Å². The molecule has 0 aliphatic carbocycles. The van der Waals surface area contributed by atoms with E-state index in [1.165, 1.54) is 10.9 Å². The van der Waals surface area contributed by atoms with Gasteiger partial charge in [0.25, 0.3) is 0 Å². The number of piperidine rings is 1. The van der Waals surface area contributed by atoms with Gasteiger partial charge in [-0.3, -0.25) is 14.2 Å². The number of carbonyl (C=O) groups is 3. The molecule has 36 heavy (non-hydrogen) atoms. The highest BCUT2D eigenvalue weighted by atomic mass is 35.5. The fourth-order valence-corrected chi connectivity index (χ4v) is 4.33. The lowest BCUT2D eigenvalue weighted by Crippen LogP contribution is -2.52. The van der Waals surface area contributed by atoms with Gasteiger partial charge in [0.2, 0.25) is 11.8 Å². The van der Waals surface area contributed by atoms with E-state index in [1.807, 2.05) is 18.0 Å². The second-order valence-electron chi connectivity index (χ2n) is 8.71. The van der Waals surface area contributed by atoms with Crippen molar-refractivity contribution in [2.24, 2.45) is 11.7 Å². The molecule has 2 aromatic heterocycles. The Morgan fingerprint density at radius 3 is 2.78 bits per heavy atom. The Hall–Kier alpha value is -3.43. The molecule has 0 saturated carbocycles. The number of carbonyl (C=O) groups excluding carboxylic acids is 3. The average Bonchev–Trinajstić information content (AvgIpc) is 3.29. The van der Waals surface area contributed by atoms with Gasteiger partial charge in [0.15, 0.2) is 5.65 Å². The summed E-state index contributed by atoms with van der Waals surface area (Å²) in [6.45, 7) is 4.45. The van der Waals surface area contributed by atoms with Crippen LogP contribution in [0.15, 0.2) is 18.6 Å². The highest BCUT2D eigenvalue weighted by molar-refractivity contribution is 5.95. The van der Waals surface area contributed by atoms with Crippen LogP contribution in [-0.2, 0) is 9.59 Å². The minimum Gasteiger partial charge on any atom is -0.355 e. The number of anilines is 1. The van der Waals surface area contributed by atoms with Crippen LogP contribution in [-0.4, -0.2) is 83.1 Å². The zero-order valence-corrected chi connectivity index (χ0v) is 21.5. The third kappa shape index (κ3) is 6.83. The average molecular weight is 520 g/mol. The van der Waals surface area contributed by atoms with Crippen molar-refractivity contribution in [3.05, 3.63) is 18.6 Å². The minimum atomic E-state index is -0.339. The van der Waals surface area contributed by atoms with Crippen LogP contribution in [0.25, 0.3) is 11.0 Å². The summed E-state index contributed by atoms with van der Waals surface area (Å²) >= 11 is 0. The lowest BCUT2D eigenvalue weighted by atomic mass is 9.92. The molecule has 0 radical (unpaired) electrons. The van der Waals surface area contributed by atoms with Crippen molar-refractivity contribution in [1.29, 1.82) is 5.26 Å². The summed E-state index contributed by atoms with van der Waals surface area (Å²) in [6, 6.07) is 3.40. The molecule has 1 aliphatic heterocycles. The zero-order chi connectivity index (χ0) is 25.4. The molecule has 2 aromatic rings. The van der Waals surface area contributed by atoms with Gasteiger partial charge in [-0.2, -0.15) is 5.26 Å². The summed E-state index contributed by atoms with van der Waals surface area (Å²) < 4.78 is 1.43. The number of likely N-dealkylation sites (N-methyl/N-ethyl adjacent to an activating group) is 1. The molecule has 2 atom stereocenters. The number of nitriles is 1. The van der Waals surface area contributed by atoms with Crippen molar-refractivity contribution in [1.82, 2.24) is 30.1 Å². The molecule has 3 amide bonds. The van der Waals surface area contributed by atoms with Gasteiger partial charge in [0.1, 0.15) is 18.6 Å². The molecule has 0 unspecified atom stereocenters. The lowest BCUT2D eigenvalue weighted by molar-refractivity contribution is -0.131. The van der Waals surface area contributed by atoms with Crippen LogP contribution in [0.3, 0.4) is 0 Å². The number of nitrogens with zero attached hydrogens (tertiary/aromatic N) is 6. The van der Waals surface area contributed by atoms with Crippen LogP contribution in [0.1, 0.15) is 32.6 Å². The van der Waals surface area contributed by atoms with Crippen molar-refractivity contribution in [3.63, 3.8) is 0 Å². The highest BCUT2D eigenvalue weighted by Crippen LogP contribution is 2.29. The Morgan fingerprint density at radius 2 is 2.06 bits per heavy atom. The van der Waals surface area contributed by atoms with Crippen LogP contribution < -0.4 is 21.3 Å². The maximum absolute atomic E-state index is 12.7. The molecule has 0 bridgehead atoms. The third-order valence-corrected chi connectivity index (χ3v) is 6.34. The number of fused-ring (bicyclic) bond motifs is 1. The van der Waals surface area contributed by atoms with E-state index >= 15 is 0 Å². The maximum atomic E-state index is 12.7. The Kier molecular flexibility index (Phi) is 10.9. The van der Waals surface area contributed by atoms with Crippen LogP contribution >= 0.6 is 12.4 Å². The van der Waals surface area contributed by atoms with Gasteiger partial charge in [0, 0.05) is 52.4 Å². The van der Waals surface area contributed by atoms with Crippen molar-refractivity contribution in [3.8, 4) is 6.07 Å². The van der Waals surface area contributed by atoms with Gasteiger partial charge in [-0.25, -0.2) is 14.8 Å². The van der Waals surface area contributed by atoms with E-state index in [2.05, 4.69) is 27.5 Å². The monoisotopic (exact) mass is 519 g/mol. The van der Waals surface area contributed by atoms with Crippen LogP contribution in [0.4, 0.5) is 10.6 Å². The topological polar surface area (TPSA) is 162 Å². The third-order valence-electron chi connectivity index (χ3n) is 6.34. The first kappa shape index (κ1) is 28.8. The summed E-state index contributed by atoms with van der Waals surface area (Å²) in [5, 5.41) is 15.1. The molecule has 1 saturated heterocycles. The molecule has 0 aromatic carbocycles. The maximum Gasteiger partial charge on any atom is 0.327 e. The number of likely N-dealkylation sites (tertiary alicyclic amines) is 1. The number of nitrogens with two attached hydrogens (primary N) is 1. The number of amides is 3. The Balaban J connectivity index is 0.00000456. The molecule has 1 aliphatic rings. The molecular weight excluding hydrogens is 486 g/mol. The van der Waals surface area contributed by atoms with Gasteiger partial charge >= 0.3 is 6.03 Å². The molecule has 0 spiro atoms. The smallest absolute Gasteiger partial charge is 0.327 e. The van der Waals surface area contributed by atoms with Crippen LogP contribution in [0.2, 0.25) is 0 Å². The largest absolute Gasteiger partial charge is 0.355 e. The zero-order valence-electron chi connectivity index (χ0n) is 20.6. The first-order valence-electron chi connectivity index (χ1n) is 11.8. The number of hydrogen-bond donors (Lipinski definition) is 3. The number of aromatic nitrogens is 3. The highest BCUT2D eigenvalue weighted by Gasteiger charge is 2.32. The molecule has 196 valence electrons. The first-order valence-corrected chi connectivity index (χ1v) is 11.8. The number of halogens is 1. The van der Waals surface area contributed by atoms with Crippen LogP contribution in [0.5, 0.6) is 0 Å². The minimum absolute atomic E-state index is 0. The lowest BCUT2D eigenvalue weighted by Gasteiger charge is -2.42. The summed E-state index contributed by atoms with van der Waals surface area (Å²) in [5.41, 5.74) is 5.84. The van der Waals surface area contributed by atoms with Gasteiger partial charge < -0.3 is 26.2 Å². The van der Waals surface area contributed by atoms with E-state index < -0.39 is 0 Å². The normalized spacial score (nSPS) is 17.1. The standard InChI is InChI=1S/C23H33N9O3.ClH/c1-16-6-12-31(20(34)5-8-24)14-18(16)30(2)21-17-7-13-32(22(17)29-15-28-21)23(35)27-10-3-4-19(33)26-11-9-25;/h7,13,15-16,18H,3-6,9-12,14,25H2,1-2H3,(H,26,33)(H,27,35);1H/t16-,18+;/m1./s1. The molecule has 13 heteroatoms. The summed E-state index contributed by atoms with van der Waals surface area (Å²) in [4.78, 5) is 49.2.